The highest BCUT2D eigenvalue weighted by molar-refractivity contribution is 9.10. The first kappa shape index (κ1) is 13.6. The second-order valence-electron chi connectivity index (χ2n) is 3.46. The third-order valence-corrected chi connectivity index (χ3v) is 3.60. The quantitative estimate of drug-likeness (QED) is 0.497. The van der Waals surface area contributed by atoms with Crippen molar-refractivity contribution in [2.45, 2.75) is 0 Å². The number of rotatable bonds is 2. The number of thioether (sulfide) groups is 1. The zero-order chi connectivity index (χ0) is 14.2. The molecule has 0 aliphatic carbocycles. The Hall–Kier alpha value is -1.87. The van der Waals surface area contributed by atoms with E-state index in [-0.39, 0.29) is 20.6 Å². The highest BCUT2D eigenvalue weighted by Gasteiger charge is 2.25. The van der Waals surface area contributed by atoms with Crippen LogP contribution in [0.25, 0.3) is 6.08 Å². The third kappa shape index (κ3) is 2.76. The van der Waals surface area contributed by atoms with Crippen LogP contribution in [0.2, 0.25) is 0 Å². The van der Waals surface area contributed by atoms with Crippen LogP contribution >= 0.6 is 27.7 Å². The predicted octanol–water partition coefficient (Wildman–Crippen LogP) is 1.75. The molecule has 9 heteroatoms. The monoisotopic (exact) mass is 343 g/mol. The molecule has 0 radical (unpaired) electrons. The summed E-state index contributed by atoms with van der Waals surface area (Å²) in [6, 6.07) is 2.13. The van der Waals surface area contributed by atoms with Gasteiger partial charge in [-0.25, -0.2) is 0 Å². The molecule has 0 saturated carbocycles. The van der Waals surface area contributed by atoms with Crippen LogP contribution < -0.4 is 10.4 Å². The zero-order valence-electron chi connectivity index (χ0n) is 9.01. The number of imide groups is 1. The van der Waals surface area contributed by atoms with E-state index in [2.05, 4.69) is 15.9 Å². The SMILES string of the molecule is O=C1NC(=O)/C(=C/c2cc([N+](=O)[O-])cc(Br)c2[O-])S1. The molecule has 1 aliphatic heterocycles. The van der Waals surface area contributed by atoms with Crippen LogP contribution in [0.15, 0.2) is 21.5 Å². The topological polar surface area (TPSA) is 112 Å². The number of hydrogen-bond acceptors (Lipinski definition) is 6. The van der Waals surface area contributed by atoms with Gasteiger partial charge >= 0.3 is 0 Å². The minimum Gasteiger partial charge on any atom is -0.871 e. The van der Waals surface area contributed by atoms with Gasteiger partial charge in [-0.15, -0.1) is 0 Å². The Morgan fingerprint density at radius 1 is 1.37 bits per heavy atom. The van der Waals surface area contributed by atoms with Crippen molar-refractivity contribution in [1.29, 1.82) is 0 Å². The molecule has 1 N–H and O–H groups in total. The molecule has 1 aromatic carbocycles. The normalized spacial score (nSPS) is 16.8. The Balaban J connectivity index is 2.51. The molecule has 1 fully saturated rings. The molecule has 1 aromatic rings. The summed E-state index contributed by atoms with van der Waals surface area (Å²) in [5, 5.41) is 24.0. The Bertz CT molecular complexity index is 643. The van der Waals surface area contributed by atoms with Gasteiger partial charge in [-0.3, -0.25) is 25.0 Å². The summed E-state index contributed by atoms with van der Waals surface area (Å²) < 4.78 is 0.0169. The van der Waals surface area contributed by atoms with E-state index in [1.165, 1.54) is 0 Å². The predicted molar refractivity (Wildman–Crippen MR) is 69.3 cm³/mol. The van der Waals surface area contributed by atoms with Gasteiger partial charge in [0.2, 0.25) is 0 Å². The number of nitrogens with zero attached hydrogens (tertiary/aromatic N) is 1. The maximum Gasteiger partial charge on any atom is 0.290 e. The molecule has 7 nitrogen and oxygen atoms in total. The molecule has 2 amide bonds. The maximum atomic E-state index is 11.8. The number of non-ortho nitro benzene ring substituents is 1. The van der Waals surface area contributed by atoms with Gasteiger partial charge in [0.1, 0.15) is 0 Å². The van der Waals surface area contributed by atoms with Crippen LogP contribution in [0.1, 0.15) is 5.56 Å². The van der Waals surface area contributed by atoms with E-state index in [0.29, 0.717) is 11.8 Å². The van der Waals surface area contributed by atoms with E-state index in [9.17, 15) is 24.8 Å². The minimum atomic E-state index is -0.654. The van der Waals surface area contributed by atoms with E-state index >= 15 is 0 Å². The molecule has 0 bridgehead atoms. The Morgan fingerprint density at radius 2 is 2.05 bits per heavy atom. The molecule has 1 aliphatic rings. The Labute approximate surface area is 119 Å². The van der Waals surface area contributed by atoms with Crippen molar-refractivity contribution >= 4 is 50.6 Å². The fourth-order valence-electron chi connectivity index (χ4n) is 1.37. The molecular formula is C10H4BrN2O5S-. The highest BCUT2D eigenvalue weighted by Crippen LogP contribution is 2.34. The highest BCUT2D eigenvalue weighted by atomic mass is 79.9. The van der Waals surface area contributed by atoms with E-state index in [1.54, 1.807) is 0 Å². The number of carbonyl (C=O) groups is 2. The first-order valence-electron chi connectivity index (χ1n) is 4.78. The molecule has 1 saturated heterocycles. The van der Waals surface area contributed by atoms with Crippen molar-refractivity contribution in [3.8, 4) is 5.75 Å². The first-order chi connectivity index (χ1) is 8.88. The minimum absolute atomic E-state index is 0.0169. The van der Waals surface area contributed by atoms with Gasteiger partial charge in [-0.05, 0) is 23.4 Å². The van der Waals surface area contributed by atoms with E-state index in [4.69, 9.17) is 0 Å². The molecule has 0 atom stereocenters. The van der Waals surface area contributed by atoms with Gasteiger partial charge in [0.05, 0.1) is 9.83 Å². The van der Waals surface area contributed by atoms with Crippen LogP contribution in [0.4, 0.5) is 10.5 Å². The van der Waals surface area contributed by atoms with Crippen LogP contribution in [0, 0.1) is 10.1 Å². The van der Waals surface area contributed by atoms with Crippen molar-refractivity contribution in [1.82, 2.24) is 5.32 Å². The largest absolute Gasteiger partial charge is 0.871 e. The molecule has 1 heterocycles. The van der Waals surface area contributed by atoms with Crippen molar-refractivity contribution in [3.05, 3.63) is 37.2 Å². The summed E-state index contributed by atoms with van der Waals surface area (Å²) >= 11 is 3.56. The lowest BCUT2D eigenvalue weighted by Gasteiger charge is -2.12. The summed E-state index contributed by atoms with van der Waals surface area (Å²) in [6.07, 6.45) is 1.16. The number of benzene rings is 1. The lowest BCUT2D eigenvalue weighted by Crippen LogP contribution is -2.17. The lowest BCUT2D eigenvalue weighted by atomic mass is 10.1. The van der Waals surface area contributed by atoms with Gasteiger partial charge < -0.3 is 5.11 Å². The number of hydrogen-bond donors (Lipinski definition) is 1. The van der Waals surface area contributed by atoms with Crippen molar-refractivity contribution in [2.75, 3.05) is 0 Å². The third-order valence-electron chi connectivity index (χ3n) is 2.20. The van der Waals surface area contributed by atoms with Crippen LogP contribution in [0.5, 0.6) is 5.75 Å². The maximum absolute atomic E-state index is 11.8. The molecule has 0 unspecified atom stereocenters. The standard InChI is InChI=1S/C10H5BrN2O5S/c11-6-3-5(13(17)18)1-4(8(6)14)2-7-9(15)12-10(16)19-7/h1-3,14H,(H,12,15,16)/p-1/b7-2-. The first-order valence-corrected chi connectivity index (χ1v) is 6.39. The number of nitro benzene ring substituents is 1. The van der Waals surface area contributed by atoms with Gasteiger partial charge in [0.25, 0.3) is 16.8 Å². The van der Waals surface area contributed by atoms with E-state index < -0.39 is 21.8 Å². The Kier molecular flexibility index (Phi) is 3.58. The number of nitrogens with one attached hydrogen (secondary N) is 1. The smallest absolute Gasteiger partial charge is 0.290 e. The van der Waals surface area contributed by atoms with Gasteiger partial charge in [0, 0.05) is 16.6 Å². The summed E-state index contributed by atoms with van der Waals surface area (Å²) in [7, 11) is 0. The van der Waals surface area contributed by atoms with Crippen LogP contribution in [0.3, 0.4) is 0 Å². The zero-order valence-corrected chi connectivity index (χ0v) is 11.4. The molecule has 0 aromatic heterocycles. The van der Waals surface area contributed by atoms with Gasteiger partial charge in [0.15, 0.2) is 0 Å². The van der Waals surface area contributed by atoms with Gasteiger partial charge in [-0.2, -0.15) is 0 Å². The molecule has 2 rings (SSSR count). The fraction of sp³-hybridized carbons (Fsp3) is 0. The Morgan fingerprint density at radius 3 is 2.58 bits per heavy atom. The molecule has 98 valence electrons. The van der Waals surface area contributed by atoms with E-state index in [0.717, 1.165) is 18.2 Å². The number of halogens is 1. The summed E-state index contributed by atoms with van der Waals surface area (Å²) in [6.45, 7) is 0. The summed E-state index contributed by atoms with van der Waals surface area (Å²) in [5.41, 5.74) is -0.318. The van der Waals surface area contributed by atoms with Crippen LogP contribution in [-0.2, 0) is 4.79 Å². The summed E-state index contributed by atoms with van der Waals surface area (Å²) in [4.78, 5) is 32.4. The lowest BCUT2D eigenvalue weighted by molar-refractivity contribution is -0.385. The van der Waals surface area contributed by atoms with Crippen molar-refractivity contribution in [3.63, 3.8) is 0 Å². The van der Waals surface area contributed by atoms with Crippen LogP contribution in [-0.4, -0.2) is 16.1 Å². The van der Waals surface area contributed by atoms with Crippen molar-refractivity contribution in [2.24, 2.45) is 0 Å². The molecular weight excluding hydrogens is 340 g/mol. The van der Waals surface area contributed by atoms with Gasteiger partial charge in [-0.1, -0.05) is 21.7 Å². The van der Waals surface area contributed by atoms with E-state index in [1.807, 2.05) is 5.32 Å². The average molecular weight is 344 g/mol. The number of nitro groups is 1. The second-order valence-corrected chi connectivity index (χ2v) is 5.32. The molecule has 0 spiro atoms. The van der Waals surface area contributed by atoms with Crippen molar-refractivity contribution < 1.29 is 19.6 Å². The average Bonchev–Trinajstić information content (AvgIpc) is 2.63. The fourth-order valence-corrected chi connectivity index (χ4v) is 2.51. The molecule has 19 heavy (non-hydrogen) atoms. The second kappa shape index (κ2) is 5.02. The summed E-state index contributed by atoms with van der Waals surface area (Å²) in [5.74, 6) is -1.12. The number of carbonyl (C=O) groups excluding carboxylic acids is 2. The number of amides is 2.